The zero-order valence-electron chi connectivity index (χ0n) is 15.4. The minimum atomic E-state index is -3.51. The Hall–Kier alpha value is -1.60. The number of sulfone groups is 1. The van der Waals surface area contributed by atoms with E-state index in [1.54, 1.807) is 0 Å². The molecule has 1 aromatic carbocycles. The predicted molar refractivity (Wildman–Crippen MR) is 98.5 cm³/mol. The van der Waals surface area contributed by atoms with Crippen LogP contribution in [0.1, 0.15) is 37.8 Å². The molecule has 6 nitrogen and oxygen atoms in total. The Morgan fingerprint density at radius 2 is 1.96 bits per heavy atom. The van der Waals surface area contributed by atoms with E-state index < -0.39 is 20.5 Å². The van der Waals surface area contributed by atoms with Crippen LogP contribution < -0.4 is 15.4 Å². The van der Waals surface area contributed by atoms with Gasteiger partial charge in [0.2, 0.25) is 5.91 Å². The number of nitrogens with one attached hydrogen (secondary N) is 2. The number of piperidine rings is 1. The van der Waals surface area contributed by atoms with E-state index in [1.807, 2.05) is 39.0 Å². The molecule has 1 amide bonds. The lowest BCUT2D eigenvalue weighted by molar-refractivity contribution is -0.124. The van der Waals surface area contributed by atoms with E-state index in [-0.39, 0.29) is 12.6 Å². The molecule has 1 fully saturated rings. The molecule has 1 aliphatic heterocycles. The fourth-order valence-corrected chi connectivity index (χ4v) is 4.46. The second-order valence-electron chi connectivity index (χ2n) is 6.98. The van der Waals surface area contributed by atoms with E-state index in [2.05, 4.69) is 10.6 Å². The summed E-state index contributed by atoms with van der Waals surface area (Å²) in [6.45, 7) is 7.14. The highest BCUT2D eigenvalue weighted by atomic mass is 32.2. The Morgan fingerprint density at radius 3 is 2.52 bits per heavy atom. The number of hydrogen-bond acceptors (Lipinski definition) is 5. The van der Waals surface area contributed by atoms with Crippen molar-refractivity contribution >= 4 is 15.7 Å². The molecule has 0 spiro atoms. The van der Waals surface area contributed by atoms with Crippen molar-refractivity contribution in [3.63, 3.8) is 0 Å². The number of rotatable bonds is 6. The van der Waals surface area contributed by atoms with Gasteiger partial charge in [-0.25, -0.2) is 8.42 Å². The van der Waals surface area contributed by atoms with Crippen molar-refractivity contribution in [2.75, 3.05) is 19.3 Å². The van der Waals surface area contributed by atoms with Crippen molar-refractivity contribution < 1.29 is 17.9 Å². The number of aryl methyl sites for hydroxylation is 1. The van der Waals surface area contributed by atoms with Crippen LogP contribution in [0.5, 0.6) is 5.75 Å². The lowest BCUT2D eigenvalue weighted by Crippen LogP contribution is -2.57. The van der Waals surface area contributed by atoms with E-state index in [0.717, 1.165) is 17.4 Å². The van der Waals surface area contributed by atoms with Crippen LogP contribution in [0, 0.1) is 6.92 Å². The molecule has 0 aliphatic carbocycles. The van der Waals surface area contributed by atoms with Crippen LogP contribution in [0.25, 0.3) is 0 Å². The minimum absolute atomic E-state index is 0.0167. The van der Waals surface area contributed by atoms with Gasteiger partial charge < -0.3 is 15.4 Å². The van der Waals surface area contributed by atoms with Crippen molar-refractivity contribution in [2.24, 2.45) is 0 Å². The zero-order valence-corrected chi connectivity index (χ0v) is 16.2. The summed E-state index contributed by atoms with van der Waals surface area (Å²) >= 11 is 0. The normalized spacial score (nSPS) is 17.3. The second kappa shape index (κ2) is 7.74. The Morgan fingerprint density at radius 1 is 1.32 bits per heavy atom. The molecule has 0 aromatic heterocycles. The third-order valence-electron chi connectivity index (χ3n) is 4.56. The van der Waals surface area contributed by atoms with Crippen LogP contribution in [0.3, 0.4) is 0 Å². The molecule has 0 unspecified atom stereocenters. The van der Waals surface area contributed by atoms with Gasteiger partial charge in [-0.05, 0) is 58.3 Å². The first kappa shape index (κ1) is 19.7. The first-order chi connectivity index (χ1) is 11.7. The Labute approximate surface area is 150 Å². The summed E-state index contributed by atoms with van der Waals surface area (Å²) in [6.07, 6.45) is 1.75. The van der Waals surface area contributed by atoms with E-state index >= 15 is 0 Å². The molecule has 1 saturated heterocycles. The van der Waals surface area contributed by atoms with Crippen molar-refractivity contribution in [3.05, 3.63) is 29.3 Å². The number of hydrogen-bond donors (Lipinski definition) is 2. The van der Waals surface area contributed by atoms with Gasteiger partial charge in [-0.3, -0.25) is 4.79 Å². The summed E-state index contributed by atoms with van der Waals surface area (Å²) in [5.41, 5.74) is 1.90. The highest BCUT2D eigenvalue weighted by Crippen LogP contribution is 2.28. The first-order valence-electron chi connectivity index (χ1n) is 8.60. The third kappa shape index (κ3) is 4.52. The minimum Gasteiger partial charge on any atom is -0.491 e. The maximum atomic E-state index is 12.8. The average Bonchev–Trinajstić information content (AvgIpc) is 2.53. The topological polar surface area (TPSA) is 84.5 Å². The maximum absolute atomic E-state index is 12.8. The fraction of sp³-hybridized carbons (Fsp3) is 0.611. The molecule has 25 heavy (non-hydrogen) atoms. The van der Waals surface area contributed by atoms with Crippen LogP contribution >= 0.6 is 0 Å². The average molecular weight is 368 g/mol. The third-order valence-corrected chi connectivity index (χ3v) is 6.57. The number of benzene rings is 1. The zero-order chi connectivity index (χ0) is 18.7. The summed E-state index contributed by atoms with van der Waals surface area (Å²) in [5, 5.41) is 5.94. The molecule has 0 atom stereocenters. The SMILES string of the molecule is Cc1ccc(CNC(=O)C2(S(C)(=O)=O)CCNCC2)c(OC(C)C)c1. The molecule has 2 rings (SSSR count). The van der Waals surface area contributed by atoms with Crippen LogP contribution in [-0.4, -0.2) is 44.5 Å². The molecule has 2 N–H and O–H groups in total. The Bertz CT molecular complexity index is 723. The molecule has 0 saturated carbocycles. The summed E-state index contributed by atoms with van der Waals surface area (Å²) in [6, 6.07) is 5.78. The van der Waals surface area contributed by atoms with Crippen molar-refractivity contribution in [1.82, 2.24) is 10.6 Å². The predicted octanol–water partition coefficient (Wildman–Crippen LogP) is 1.57. The summed E-state index contributed by atoms with van der Waals surface area (Å²) in [4.78, 5) is 12.8. The highest BCUT2D eigenvalue weighted by molar-refractivity contribution is 7.92. The highest BCUT2D eigenvalue weighted by Gasteiger charge is 2.48. The van der Waals surface area contributed by atoms with Crippen LogP contribution in [0.15, 0.2) is 18.2 Å². The van der Waals surface area contributed by atoms with Gasteiger partial charge >= 0.3 is 0 Å². The van der Waals surface area contributed by atoms with Crippen molar-refractivity contribution in [3.8, 4) is 5.75 Å². The summed E-state index contributed by atoms with van der Waals surface area (Å²) in [7, 11) is -3.51. The van der Waals surface area contributed by atoms with Crippen LogP contribution in [0.2, 0.25) is 0 Å². The van der Waals surface area contributed by atoms with E-state index in [1.165, 1.54) is 0 Å². The number of ether oxygens (including phenoxy) is 1. The summed E-state index contributed by atoms with van der Waals surface area (Å²) < 4.78 is 29.1. The van der Waals surface area contributed by atoms with Gasteiger partial charge in [0, 0.05) is 18.4 Å². The molecule has 1 heterocycles. The molecule has 0 radical (unpaired) electrons. The van der Waals surface area contributed by atoms with Gasteiger partial charge in [-0.1, -0.05) is 12.1 Å². The molecule has 140 valence electrons. The van der Waals surface area contributed by atoms with Gasteiger partial charge in [0.05, 0.1) is 6.10 Å². The lowest BCUT2D eigenvalue weighted by Gasteiger charge is -2.34. The van der Waals surface area contributed by atoms with Crippen molar-refractivity contribution in [2.45, 2.75) is 51.0 Å². The molecule has 7 heteroatoms. The smallest absolute Gasteiger partial charge is 0.241 e. The van der Waals surface area contributed by atoms with E-state index in [4.69, 9.17) is 4.74 Å². The molecular formula is C18H28N2O4S. The lowest BCUT2D eigenvalue weighted by atomic mass is 9.95. The molecule has 0 bridgehead atoms. The molecule has 1 aromatic rings. The number of carbonyl (C=O) groups excluding carboxylic acids is 1. The summed E-state index contributed by atoms with van der Waals surface area (Å²) in [5.74, 6) is 0.293. The largest absolute Gasteiger partial charge is 0.491 e. The van der Waals surface area contributed by atoms with Gasteiger partial charge in [0.1, 0.15) is 5.75 Å². The van der Waals surface area contributed by atoms with Crippen LogP contribution in [0.4, 0.5) is 0 Å². The van der Waals surface area contributed by atoms with Gasteiger partial charge in [0.25, 0.3) is 0 Å². The van der Waals surface area contributed by atoms with E-state index in [0.29, 0.717) is 31.7 Å². The van der Waals surface area contributed by atoms with E-state index in [9.17, 15) is 13.2 Å². The number of carbonyl (C=O) groups is 1. The number of amides is 1. The van der Waals surface area contributed by atoms with Crippen molar-refractivity contribution in [1.29, 1.82) is 0 Å². The monoisotopic (exact) mass is 368 g/mol. The standard InChI is InChI=1S/C18H28N2O4S/c1-13(2)24-16-11-14(3)5-6-15(16)12-20-17(21)18(25(4,22)23)7-9-19-10-8-18/h5-6,11,13,19H,7-10,12H2,1-4H3,(H,20,21). The Kier molecular flexibility index (Phi) is 6.11. The maximum Gasteiger partial charge on any atom is 0.241 e. The van der Waals surface area contributed by atoms with Crippen LogP contribution in [-0.2, 0) is 21.2 Å². The Balaban J connectivity index is 2.18. The van der Waals surface area contributed by atoms with Gasteiger partial charge in [0.15, 0.2) is 14.6 Å². The second-order valence-corrected chi connectivity index (χ2v) is 9.30. The molecular weight excluding hydrogens is 340 g/mol. The molecule has 1 aliphatic rings. The fourth-order valence-electron chi connectivity index (χ4n) is 3.10. The quantitative estimate of drug-likeness (QED) is 0.796. The first-order valence-corrected chi connectivity index (χ1v) is 10.5. The van der Waals surface area contributed by atoms with Gasteiger partial charge in [-0.2, -0.15) is 0 Å². The van der Waals surface area contributed by atoms with Gasteiger partial charge in [-0.15, -0.1) is 0 Å².